The molecule has 0 saturated heterocycles. The topological polar surface area (TPSA) is 82.8 Å². The van der Waals surface area contributed by atoms with Crippen molar-refractivity contribution in [1.82, 2.24) is 10.3 Å². The molecule has 1 N–H and O–H groups in total. The highest BCUT2D eigenvalue weighted by molar-refractivity contribution is 5.94. The van der Waals surface area contributed by atoms with Crippen molar-refractivity contribution in [2.24, 2.45) is 0 Å². The molecule has 0 bridgehead atoms. The zero-order valence-electron chi connectivity index (χ0n) is 19.3. The summed E-state index contributed by atoms with van der Waals surface area (Å²) in [5.41, 5.74) is 2.86. The van der Waals surface area contributed by atoms with Gasteiger partial charge in [0, 0.05) is 23.2 Å². The van der Waals surface area contributed by atoms with E-state index >= 15 is 0 Å². The van der Waals surface area contributed by atoms with Crippen LogP contribution in [0.15, 0.2) is 77.2 Å². The summed E-state index contributed by atoms with van der Waals surface area (Å²) in [7, 11) is 3.15. The number of methoxy groups -OCH3 is 2. The number of amides is 1. The number of benzene rings is 3. The summed E-state index contributed by atoms with van der Waals surface area (Å²) in [6, 6.07) is 22.2. The zero-order valence-corrected chi connectivity index (χ0v) is 19.3. The van der Waals surface area contributed by atoms with E-state index in [0.717, 1.165) is 22.6 Å². The van der Waals surface area contributed by atoms with E-state index in [1.807, 2.05) is 67.6 Å². The Kier molecular flexibility index (Phi) is 7.13. The maximum Gasteiger partial charge on any atom is 0.251 e. The highest BCUT2D eigenvalue weighted by Crippen LogP contribution is 2.30. The van der Waals surface area contributed by atoms with E-state index in [-0.39, 0.29) is 5.91 Å². The van der Waals surface area contributed by atoms with Gasteiger partial charge in [-0.15, -0.1) is 0 Å². The molecule has 1 amide bonds. The van der Waals surface area contributed by atoms with Crippen molar-refractivity contribution in [3.63, 3.8) is 0 Å². The SMILES string of the molecule is COc1cccc(CNC(=O)c2ccc(-c3nc(COc4ccccc4)c(C)o3)cc2)c1OC. The molecule has 0 radical (unpaired) electrons. The molecule has 7 heteroatoms. The van der Waals surface area contributed by atoms with Crippen LogP contribution in [-0.2, 0) is 13.2 Å². The van der Waals surface area contributed by atoms with Crippen molar-refractivity contribution in [3.8, 4) is 28.7 Å². The molecular formula is C27H26N2O5. The lowest BCUT2D eigenvalue weighted by atomic mass is 10.1. The van der Waals surface area contributed by atoms with Gasteiger partial charge in [-0.1, -0.05) is 30.3 Å². The molecule has 0 aliphatic heterocycles. The Morgan fingerprint density at radius 2 is 1.71 bits per heavy atom. The van der Waals surface area contributed by atoms with Crippen LogP contribution in [0.5, 0.6) is 17.2 Å². The number of ether oxygens (including phenoxy) is 3. The molecule has 0 aliphatic carbocycles. The highest BCUT2D eigenvalue weighted by Gasteiger charge is 2.14. The molecule has 0 atom stereocenters. The smallest absolute Gasteiger partial charge is 0.251 e. The Labute approximate surface area is 198 Å². The van der Waals surface area contributed by atoms with Crippen LogP contribution in [0.1, 0.15) is 27.4 Å². The lowest BCUT2D eigenvalue weighted by molar-refractivity contribution is 0.0950. The molecule has 4 aromatic rings. The average molecular weight is 459 g/mol. The molecule has 7 nitrogen and oxygen atoms in total. The van der Waals surface area contributed by atoms with Gasteiger partial charge in [-0.05, 0) is 49.4 Å². The van der Waals surface area contributed by atoms with Crippen LogP contribution in [0.4, 0.5) is 0 Å². The van der Waals surface area contributed by atoms with Crippen molar-refractivity contribution in [2.45, 2.75) is 20.1 Å². The number of nitrogens with one attached hydrogen (secondary N) is 1. The zero-order chi connectivity index (χ0) is 23.9. The van der Waals surface area contributed by atoms with Gasteiger partial charge in [0.15, 0.2) is 11.5 Å². The van der Waals surface area contributed by atoms with E-state index in [9.17, 15) is 4.79 Å². The van der Waals surface area contributed by atoms with Crippen LogP contribution in [0, 0.1) is 6.92 Å². The normalized spacial score (nSPS) is 10.6. The maximum atomic E-state index is 12.7. The third-order valence-electron chi connectivity index (χ3n) is 5.33. The van der Waals surface area contributed by atoms with Crippen molar-refractivity contribution < 1.29 is 23.4 Å². The number of aryl methyl sites for hydroxylation is 1. The summed E-state index contributed by atoms with van der Waals surface area (Å²) in [6.45, 7) is 2.48. The summed E-state index contributed by atoms with van der Waals surface area (Å²) in [5, 5.41) is 2.92. The molecule has 174 valence electrons. The second-order valence-electron chi connectivity index (χ2n) is 7.54. The van der Waals surface area contributed by atoms with Crippen LogP contribution in [0.25, 0.3) is 11.5 Å². The van der Waals surface area contributed by atoms with Gasteiger partial charge in [-0.25, -0.2) is 4.98 Å². The number of rotatable bonds is 9. The minimum Gasteiger partial charge on any atom is -0.493 e. The summed E-state index contributed by atoms with van der Waals surface area (Å²) in [5.74, 6) is 2.97. The molecule has 0 fully saturated rings. The third kappa shape index (κ3) is 5.20. The lowest BCUT2D eigenvalue weighted by Gasteiger charge is -2.13. The Hall–Kier alpha value is -4.26. The third-order valence-corrected chi connectivity index (χ3v) is 5.33. The summed E-state index contributed by atoms with van der Waals surface area (Å²) < 4.78 is 22.3. The number of aromatic nitrogens is 1. The molecule has 0 aliphatic rings. The molecule has 0 unspecified atom stereocenters. The van der Waals surface area contributed by atoms with E-state index in [1.165, 1.54) is 0 Å². The minimum absolute atomic E-state index is 0.197. The van der Waals surface area contributed by atoms with Crippen molar-refractivity contribution >= 4 is 5.91 Å². The number of hydrogen-bond donors (Lipinski definition) is 1. The first-order chi connectivity index (χ1) is 16.6. The van der Waals surface area contributed by atoms with Crippen LogP contribution < -0.4 is 19.5 Å². The Morgan fingerprint density at radius 3 is 2.41 bits per heavy atom. The van der Waals surface area contributed by atoms with Gasteiger partial charge in [-0.3, -0.25) is 4.79 Å². The molecule has 3 aromatic carbocycles. The van der Waals surface area contributed by atoms with Crippen molar-refractivity contribution in [1.29, 1.82) is 0 Å². The molecule has 1 aromatic heterocycles. The van der Waals surface area contributed by atoms with Gasteiger partial charge in [0.1, 0.15) is 23.8 Å². The van der Waals surface area contributed by atoms with Crippen LogP contribution in [-0.4, -0.2) is 25.1 Å². The first-order valence-corrected chi connectivity index (χ1v) is 10.8. The molecule has 0 spiro atoms. The molecule has 1 heterocycles. The number of oxazole rings is 1. The first-order valence-electron chi connectivity index (χ1n) is 10.8. The highest BCUT2D eigenvalue weighted by atomic mass is 16.5. The number of carbonyl (C=O) groups is 1. The van der Waals surface area contributed by atoms with Gasteiger partial charge in [-0.2, -0.15) is 0 Å². The van der Waals surface area contributed by atoms with Crippen LogP contribution in [0.3, 0.4) is 0 Å². The minimum atomic E-state index is -0.197. The van der Waals surface area contributed by atoms with E-state index in [0.29, 0.717) is 41.9 Å². The Bertz CT molecular complexity index is 1250. The molecule has 34 heavy (non-hydrogen) atoms. The fourth-order valence-electron chi connectivity index (χ4n) is 3.49. The number of nitrogens with zero attached hydrogens (tertiary/aromatic N) is 1. The molecular weight excluding hydrogens is 432 g/mol. The first kappa shape index (κ1) is 22.9. The second-order valence-corrected chi connectivity index (χ2v) is 7.54. The van der Waals surface area contributed by atoms with Crippen molar-refractivity contribution in [3.05, 3.63) is 95.4 Å². The van der Waals surface area contributed by atoms with Gasteiger partial charge < -0.3 is 23.9 Å². The number of carbonyl (C=O) groups excluding carboxylic acids is 1. The van der Waals surface area contributed by atoms with E-state index in [4.69, 9.17) is 18.6 Å². The van der Waals surface area contributed by atoms with Crippen LogP contribution in [0.2, 0.25) is 0 Å². The fraction of sp³-hybridized carbons (Fsp3) is 0.185. The van der Waals surface area contributed by atoms with E-state index < -0.39 is 0 Å². The van der Waals surface area contributed by atoms with Gasteiger partial charge >= 0.3 is 0 Å². The summed E-state index contributed by atoms with van der Waals surface area (Å²) in [4.78, 5) is 17.2. The molecule has 4 rings (SSSR count). The monoisotopic (exact) mass is 458 g/mol. The van der Waals surface area contributed by atoms with E-state index in [2.05, 4.69) is 10.3 Å². The quantitative estimate of drug-likeness (QED) is 0.372. The van der Waals surface area contributed by atoms with E-state index in [1.54, 1.807) is 26.4 Å². The number of para-hydroxylation sites is 2. The maximum absolute atomic E-state index is 12.7. The van der Waals surface area contributed by atoms with Crippen LogP contribution >= 0.6 is 0 Å². The Balaban J connectivity index is 1.40. The summed E-state index contributed by atoms with van der Waals surface area (Å²) in [6.07, 6.45) is 0. The molecule has 0 saturated carbocycles. The van der Waals surface area contributed by atoms with Crippen molar-refractivity contribution in [2.75, 3.05) is 14.2 Å². The Morgan fingerprint density at radius 1 is 0.941 bits per heavy atom. The summed E-state index contributed by atoms with van der Waals surface area (Å²) >= 11 is 0. The van der Waals surface area contributed by atoms with Gasteiger partial charge in [0.05, 0.1) is 14.2 Å². The predicted molar refractivity (Wildman–Crippen MR) is 128 cm³/mol. The fourth-order valence-corrected chi connectivity index (χ4v) is 3.49. The lowest BCUT2D eigenvalue weighted by Crippen LogP contribution is -2.23. The van der Waals surface area contributed by atoms with Gasteiger partial charge in [0.25, 0.3) is 5.91 Å². The predicted octanol–water partition coefficient (Wildman–Crippen LogP) is 5.18. The van der Waals surface area contributed by atoms with Gasteiger partial charge in [0.2, 0.25) is 5.89 Å². The standard InChI is InChI=1S/C27H26N2O5/c1-18-23(17-33-22-9-5-4-6-10-22)29-27(34-18)20-14-12-19(13-15-20)26(30)28-16-21-8-7-11-24(31-2)25(21)32-3/h4-15H,16-17H2,1-3H3,(H,28,30). The second kappa shape index (κ2) is 10.6. The largest absolute Gasteiger partial charge is 0.493 e. The number of hydrogen-bond acceptors (Lipinski definition) is 6. The average Bonchev–Trinajstić information content (AvgIpc) is 3.26.